The van der Waals surface area contributed by atoms with E-state index in [2.05, 4.69) is 58.2 Å². The normalized spacial score (nSPS) is 22.6. The SMILES string of the molecule is C=C=C(CC(C)=S)/C(C)=C/C1=C(CCCCC)C=C(c2ccc(F)cc2)C1.CC1C=C2CC2CC1C. The van der Waals surface area contributed by atoms with Crippen LogP contribution in [-0.4, -0.2) is 4.86 Å². The second-order valence-corrected chi connectivity index (χ2v) is 11.6. The van der Waals surface area contributed by atoms with Crippen LogP contribution in [-0.2, 0) is 0 Å². The van der Waals surface area contributed by atoms with Gasteiger partial charge in [-0.3, -0.25) is 0 Å². The van der Waals surface area contributed by atoms with E-state index in [-0.39, 0.29) is 5.82 Å². The lowest BCUT2D eigenvalue weighted by atomic mass is 9.87. The lowest BCUT2D eigenvalue weighted by Crippen LogP contribution is -2.09. The second-order valence-electron chi connectivity index (χ2n) is 10.9. The molecule has 1 saturated carbocycles. The molecule has 4 rings (SSSR count). The zero-order chi connectivity index (χ0) is 26.2. The number of allylic oxidation sites excluding steroid dienone is 9. The minimum Gasteiger partial charge on any atom is -0.207 e. The summed E-state index contributed by atoms with van der Waals surface area (Å²) in [5.41, 5.74) is 12.1. The molecular formula is C34H43FS. The maximum atomic E-state index is 13.3. The van der Waals surface area contributed by atoms with Gasteiger partial charge in [-0.05, 0) is 109 Å². The van der Waals surface area contributed by atoms with Gasteiger partial charge in [-0.25, -0.2) is 4.39 Å². The molecule has 3 aliphatic rings. The average Bonchev–Trinajstić information content (AvgIpc) is 3.47. The first-order valence-electron chi connectivity index (χ1n) is 13.7. The molecule has 3 aliphatic carbocycles. The Hall–Kier alpha value is -2.28. The van der Waals surface area contributed by atoms with Crippen LogP contribution in [0.15, 0.2) is 82.7 Å². The summed E-state index contributed by atoms with van der Waals surface area (Å²) in [6.07, 6.45) is 16.3. The van der Waals surface area contributed by atoms with Crippen LogP contribution in [0.4, 0.5) is 4.39 Å². The average molecular weight is 503 g/mol. The molecule has 0 saturated heterocycles. The fourth-order valence-corrected chi connectivity index (χ4v) is 5.38. The van der Waals surface area contributed by atoms with Crippen molar-refractivity contribution in [1.29, 1.82) is 0 Å². The molecule has 3 unspecified atom stereocenters. The maximum absolute atomic E-state index is 13.3. The molecule has 36 heavy (non-hydrogen) atoms. The predicted octanol–water partition coefficient (Wildman–Crippen LogP) is 10.5. The van der Waals surface area contributed by atoms with Gasteiger partial charge in [0.25, 0.3) is 0 Å². The summed E-state index contributed by atoms with van der Waals surface area (Å²) in [4.78, 5) is 0.947. The summed E-state index contributed by atoms with van der Waals surface area (Å²) >= 11 is 5.26. The van der Waals surface area contributed by atoms with E-state index < -0.39 is 0 Å². The summed E-state index contributed by atoms with van der Waals surface area (Å²) in [6, 6.07) is 6.81. The van der Waals surface area contributed by atoms with E-state index in [0.717, 1.165) is 53.0 Å². The lowest BCUT2D eigenvalue weighted by Gasteiger charge is -2.18. The molecule has 0 aliphatic heterocycles. The Kier molecular flexibility index (Phi) is 10.5. The highest BCUT2D eigenvalue weighted by molar-refractivity contribution is 7.80. The Labute approximate surface area is 224 Å². The Morgan fingerprint density at radius 2 is 1.89 bits per heavy atom. The minimum absolute atomic E-state index is 0.194. The summed E-state index contributed by atoms with van der Waals surface area (Å²) < 4.78 is 13.3. The van der Waals surface area contributed by atoms with E-state index >= 15 is 0 Å². The van der Waals surface area contributed by atoms with Crippen molar-refractivity contribution in [1.82, 2.24) is 0 Å². The Balaban J connectivity index is 0.000000331. The van der Waals surface area contributed by atoms with Gasteiger partial charge < -0.3 is 0 Å². The van der Waals surface area contributed by atoms with Gasteiger partial charge in [-0.2, -0.15) is 0 Å². The zero-order valence-corrected chi connectivity index (χ0v) is 23.7. The third-order valence-corrected chi connectivity index (χ3v) is 7.93. The first-order valence-corrected chi connectivity index (χ1v) is 14.1. The van der Waals surface area contributed by atoms with Crippen LogP contribution in [0.2, 0.25) is 0 Å². The molecule has 0 heterocycles. The van der Waals surface area contributed by atoms with Crippen molar-refractivity contribution in [3.63, 3.8) is 0 Å². The lowest BCUT2D eigenvalue weighted by molar-refractivity contribution is 0.396. The standard InChI is InChI=1S/C25H29FS.C9H14/c1-5-7-8-9-22-16-24(21-10-12-25(26)13-11-21)17-23(22)14-18(3)20(6-2)15-19(4)27;1-6-3-8-5-9(8)4-7(6)2/h10-14,16H,2,5,7-9,15,17H2,1,3-4H3;3,6-7,9H,4-5H2,1-2H3/b18-14+;. The fourth-order valence-electron chi connectivity index (χ4n) is 5.23. The van der Waals surface area contributed by atoms with Gasteiger partial charge >= 0.3 is 0 Å². The first-order chi connectivity index (χ1) is 17.2. The zero-order valence-electron chi connectivity index (χ0n) is 22.9. The predicted molar refractivity (Wildman–Crippen MR) is 159 cm³/mol. The Morgan fingerprint density at radius 3 is 2.50 bits per heavy atom. The van der Waals surface area contributed by atoms with E-state index in [9.17, 15) is 4.39 Å². The molecular weight excluding hydrogens is 459 g/mol. The van der Waals surface area contributed by atoms with Crippen LogP contribution in [0.1, 0.15) is 91.5 Å². The van der Waals surface area contributed by atoms with Crippen molar-refractivity contribution < 1.29 is 4.39 Å². The van der Waals surface area contributed by atoms with E-state index in [1.807, 2.05) is 19.1 Å². The van der Waals surface area contributed by atoms with E-state index in [0.29, 0.717) is 0 Å². The molecule has 0 nitrogen and oxygen atoms in total. The smallest absolute Gasteiger partial charge is 0.123 e. The fraction of sp³-hybridized carbons (Fsp3) is 0.471. The highest BCUT2D eigenvalue weighted by Crippen LogP contribution is 2.48. The molecule has 2 heteroatoms. The Morgan fingerprint density at radius 1 is 1.17 bits per heavy atom. The molecule has 0 spiro atoms. The quantitative estimate of drug-likeness (QED) is 0.106. The van der Waals surface area contributed by atoms with Gasteiger partial charge in [0.15, 0.2) is 0 Å². The monoisotopic (exact) mass is 502 g/mol. The number of fused-ring (bicyclic) bond motifs is 1. The van der Waals surface area contributed by atoms with Gasteiger partial charge in [-0.1, -0.05) is 88.3 Å². The largest absolute Gasteiger partial charge is 0.207 e. The number of rotatable bonds is 9. The number of benzene rings is 1. The number of hydrogen-bond acceptors (Lipinski definition) is 1. The van der Waals surface area contributed by atoms with Crippen molar-refractivity contribution in [2.24, 2.45) is 17.8 Å². The van der Waals surface area contributed by atoms with Crippen molar-refractivity contribution in [3.05, 3.63) is 94.0 Å². The number of thiocarbonyl (C=S) groups is 1. The molecule has 3 atom stereocenters. The second kappa shape index (κ2) is 13.3. The molecule has 1 fully saturated rings. The van der Waals surface area contributed by atoms with Crippen molar-refractivity contribution in [2.75, 3.05) is 0 Å². The Bertz CT molecular complexity index is 1120. The van der Waals surface area contributed by atoms with Crippen molar-refractivity contribution in [2.45, 2.75) is 86.0 Å². The summed E-state index contributed by atoms with van der Waals surface area (Å²) in [5.74, 6) is 2.64. The highest BCUT2D eigenvalue weighted by atomic mass is 32.1. The molecule has 0 aromatic heterocycles. The van der Waals surface area contributed by atoms with E-state index in [1.54, 1.807) is 5.57 Å². The first kappa shape index (κ1) is 28.3. The van der Waals surface area contributed by atoms with Crippen molar-refractivity contribution in [3.8, 4) is 0 Å². The summed E-state index contributed by atoms with van der Waals surface area (Å²) in [6.45, 7) is 14.8. The molecule has 1 aromatic carbocycles. The summed E-state index contributed by atoms with van der Waals surface area (Å²) in [5, 5.41) is 0. The molecule has 0 bridgehead atoms. The third-order valence-electron chi connectivity index (χ3n) is 7.79. The van der Waals surface area contributed by atoms with Gasteiger partial charge in [0.05, 0.1) is 0 Å². The molecule has 0 amide bonds. The van der Waals surface area contributed by atoms with Gasteiger partial charge in [0.2, 0.25) is 0 Å². The number of halogens is 1. The third kappa shape index (κ3) is 8.12. The van der Waals surface area contributed by atoms with Crippen LogP contribution in [0.5, 0.6) is 0 Å². The maximum Gasteiger partial charge on any atom is 0.123 e. The van der Waals surface area contributed by atoms with Gasteiger partial charge in [0.1, 0.15) is 5.82 Å². The molecule has 192 valence electrons. The number of hydrogen-bond donors (Lipinski definition) is 0. The summed E-state index contributed by atoms with van der Waals surface area (Å²) in [7, 11) is 0. The van der Waals surface area contributed by atoms with Crippen LogP contribution in [0.3, 0.4) is 0 Å². The van der Waals surface area contributed by atoms with Crippen LogP contribution in [0.25, 0.3) is 5.57 Å². The van der Waals surface area contributed by atoms with E-state index in [1.165, 1.54) is 66.5 Å². The molecule has 0 N–H and O–H groups in total. The molecule has 1 aromatic rings. The van der Waals surface area contributed by atoms with Crippen LogP contribution in [0, 0.1) is 23.6 Å². The number of unbranched alkanes of at least 4 members (excludes halogenated alkanes) is 2. The van der Waals surface area contributed by atoms with Crippen LogP contribution >= 0.6 is 12.2 Å². The van der Waals surface area contributed by atoms with Gasteiger partial charge in [-0.15, -0.1) is 5.73 Å². The minimum atomic E-state index is -0.194. The van der Waals surface area contributed by atoms with Crippen molar-refractivity contribution >= 4 is 22.7 Å². The molecule has 0 radical (unpaired) electrons. The topological polar surface area (TPSA) is 0 Å². The highest BCUT2D eigenvalue weighted by Gasteiger charge is 2.36. The van der Waals surface area contributed by atoms with E-state index in [4.69, 9.17) is 12.2 Å². The van der Waals surface area contributed by atoms with Gasteiger partial charge in [0, 0.05) is 12.0 Å². The van der Waals surface area contributed by atoms with Crippen LogP contribution < -0.4 is 0 Å².